The van der Waals surface area contributed by atoms with Crippen LogP contribution in [0.5, 0.6) is 0 Å². The van der Waals surface area contributed by atoms with E-state index in [2.05, 4.69) is 46.4 Å². The molecule has 0 atom stereocenters. The van der Waals surface area contributed by atoms with E-state index >= 15 is 0 Å². The molecule has 0 bridgehead atoms. The minimum absolute atomic E-state index is 0.0198. The van der Waals surface area contributed by atoms with Gasteiger partial charge in [0.1, 0.15) is 0 Å². The molecule has 1 aliphatic heterocycles. The molecular formula is C20H39NO2. The van der Waals surface area contributed by atoms with E-state index < -0.39 is 0 Å². The van der Waals surface area contributed by atoms with Crippen molar-refractivity contribution in [1.29, 1.82) is 0 Å². The SMILES string of the molecule is CC(C)(C)CCCN1CCC(OC2CC(OC(C)(C)C)C2)CC1. The average molecular weight is 326 g/mol. The Morgan fingerprint density at radius 1 is 0.870 bits per heavy atom. The Morgan fingerprint density at radius 2 is 1.48 bits per heavy atom. The van der Waals surface area contributed by atoms with Gasteiger partial charge in [-0.05, 0) is 71.3 Å². The highest BCUT2D eigenvalue weighted by atomic mass is 16.5. The molecule has 2 rings (SSSR count). The summed E-state index contributed by atoms with van der Waals surface area (Å²) in [6.07, 6.45) is 8.57. The predicted octanol–water partition coefficient (Wildman–Crippen LogP) is 4.64. The molecule has 0 spiro atoms. The Labute approximate surface area is 144 Å². The van der Waals surface area contributed by atoms with Gasteiger partial charge in [-0.15, -0.1) is 0 Å². The zero-order valence-corrected chi connectivity index (χ0v) is 16.4. The van der Waals surface area contributed by atoms with Crippen LogP contribution in [0.25, 0.3) is 0 Å². The summed E-state index contributed by atoms with van der Waals surface area (Å²) in [7, 11) is 0. The minimum Gasteiger partial charge on any atom is -0.375 e. The molecule has 3 nitrogen and oxygen atoms in total. The minimum atomic E-state index is -0.0198. The van der Waals surface area contributed by atoms with Crippen LogP contribution in [0.1, 0.15) is 80.1 Å². The van der Waals surface area contributed by atoms with Crippen LogP contribution in [0.3, 0.4) is 0 Å². The average Bonchev–Trinajstić information content (AvgIpc) is 2.35. The largest absolute Gasteiger partial charge is 0.375 e. The molecule has 3 heteroatoms. The second-order valence-corrected chi connectivity index (χ2v) is 9.79. The number of hydrogen-bond acceptors (Lipinski definition) is 3. The molecule has 0 unspecified atom stereocenters. The number of ether oxygens (including phenoxy) is 2. The Hall–Kier alpha value is -0.120. The van der Waals surface area contributed by atoms with E-state index in [0.29, 0.717) is 23.7 Å². The number of rotatable bonds is 6. The molecule has 1 aliphatic carbocycles. The number of hydrogen-bond donors (Lipinski definition) is 0. The third kappa shape index (κ3) is 7.53. The molecule has 1 saturated heterocycles. The first-order valence-electron chi connectivity index (χ1n) is 9.66. The van der Waals surface area contributed by atoms with Crippen molar-refractivity contribution in [2.45, 2.75) is 104 Å². The first kappa shape index (κ1) is 19.2. The highest BCUT2D eigenvalue weighted by Crippen LogP contribution is 2.32. The predicted molar refractivity (Wildman–Crippen MR) is 96.9 cm³/mol. The van der Waals surface area contributed by atoms with Crippen molar-refractivity contribution in [3.63, 3.8) is 0 Å². The van der Waals surface area contributed by atoms with E-state index in [0.717, 1.165) is 12.8 Å². The van der Waals surface area contributed by atoms with Gasteiger partial charge in [-0.3, -0.25) is 0 Å². The second-order valence-electron chi connectivity index (χ2n) is 9.79. The van der Waals surface area contributed by atoms with Crippen LogP contribution in [-0.4, -0.2) is 48.4 Å². The molecule has 2 aliphatic rings. The molecule has 0 aromatic heterocycles. The summed E-state index contributed by atoms with van der Waals surface area (Å²) >= 11 is 0. The van der Waals surface area contributed by atoms with Crippen LogP contribution in [0.4, 0.5) is 0 Å². The van der Waals surface area contributed by atoms with Crippen molar-refractivity contribution >= 4 is 0 Å². The van der Waals surface area contributed by atoms with Crippen LogP contribution < -0.4 is 0 Å². The molecule has 0 aromatic rings. The van der Waals surface area contributed by atoms with Gasteiger partial charge in [-0.2, -0.15) is 0 Å². The third-order valence-electron chi connectivity index (χ3n) is 4.89. The summed E-state index contributed by atoms with van der Waals surface area (Å²) < 4.78 is 12.3. The second kappa shape index (κ2) is 7.84. The number of piperidine rings is 1. The number of nitrogens with zero attached hydrogens (tertiary/aromatic N) is 1. The highest BCUT2D eigenvalue weighted by Gasteiger charge is 2.35. The van der Waals surface area contributed by atoms with E-state index in [1.807, 2.05) is 0 Å². The highest BCUT2D eigenvalue weighted by molar-refractivity contribution is 4.85. The number of likely N-dealkylation sites (tertiary alicyclic amines) is 1. The van der Waals surface area contributed by atoms with Gasteiger partial charge in [-0.25, -0.2) is 0 Å². The summed E-state index contributed by atoms with van der Waals surface area (Å²) in [4.78, 5) is 2.62. The van der Waals surface area contributed by atoms with Gasteiger partial charge >= 0.3 is 0 Å². The maximum atomic E-state index is 6.27. The third-order valence-corrected chi connectivity index (χ3v) is 4.89. The molecule has 136 valence electrons. The summed E-state index contributed by atoms with van der Waals surface area (Å²) in [5.41, 5.74) is 0.450. The Kier molecular flexibility index (Phi) is 6.55. The van der Waals surface area contributed by atoms with Crippen molar-refractivity contribution in [2.75, 3.05) is 19.6 Å². The van der Waals surface area contributed by atoms with Gasteiger partial charge in [-0.1, -0.05) is 20.8 Å². The Bertz CT molecular complexity index is 342. The standard InChI is InChI=1S/C20H39NO2/c1-19(2,3)10-7-11-21-12-8-16(9-13-21)22-17-14-18(15-17)23-20(4,5)6/h16-18H,7-15H2,1-6H3. The fourth-order valence-corrected chi connectivity index (χ4v) is 3.60. The molecule has 0 aromatic carbocycles. The summed E-state index contributed by atoms with van der Waals surface area (Å²) in [5, 5.41) is 0. The molecule has 23 heavy (non-hydrogen) atoms. The van der Waals surface area contributed by atoms with Gasteiger partial charge in [0.25, 0.3) is 0 Å². The quantitative estimate of drug-likeness (QED) is 0.710. The maximum Gasteiger partial charge on any atom is 0.0631 e. The van der Waals surface area contributed by atoms with Crippen LogP contribution in [0.2, 0.25) is 0 Å². The lowest BCUT2D eigenvalue weighted by Gasteiger charge is -2.42. The molecule has 2 fully saturated rings. The van der Waals surface area contributed by atoms with E-state index in [-0.39, 0.29) is 5.60 Å². The van der Waals surface area contributed by atoms with Gasteiger partial charge in [0.2, 0.25) is 0 Å². The lowest BCUT2D eigenvalue weighted by molar-refractivity contribution is -0.167. The van der Waals surface area contributed by atoms with Crippen molar-refractivity contribution in [3.8, 4) is 0 Å². The van der Waals surface area contributed by atoms with Crippen LogP contribution in [0.15, 0.2) is 0 Å². The van der Waals surface area contributed by atoms with Gasteiger partial charge < -0.3 is 14.4 Å². The van der Waals surface area contributed by atoms with Crippen molar-refractivity contribution < 1.29 is 9.47 Å². The van der Waals surface area contributed by atoms with Crippen LogP contribution >= 0.6 is 0 Å². The first-order valence-corrected chi connectivity index (χ1v) is 9.66. The topological polar surface area (TPSA) is 21.7 Å². The van der Waals surface area contributed by atoms with Gasteiger partial charge in [0.05, 0.1) is 23.9 Å². The summed E-state index contributed by atoms with van der Waals surface area (Å²) in [5.74, 6) is 0. The lowest BCUT2D eigenvalue weighted by atomic mass is 9.90. The zero-order chi connectivity index (χ0) is 17.1. The maximum absolute atomic E-state index is 6.27. The molecule has 0 amide bonds. The fraction of sp³-hybridized carbons (Fsp3) is 1.00. The van der Waals surface area contributed by atoms with Crippen molar-refractivity contribution in [1.82, 2.24) is 4.90 Å². The van der Waals surface area contributed by atoms with E-state index in [9.17, 15) is 0 Å². The lowest BCUT2D eigenvalue weighted by Crippen LogP contribution is -2.45. The van der Waals surface area contributed by atoms with Crippen molar-refractivity contribution in [2.24, 2.45) is 5.41 Å². The van der Waals surface area contributed by atoms with Gasteiger partial charge in [0, 0.05) is 13.1 Å². The monoisotopic (exact) mass is 325 g/mol. The molecule has 0 N–H and O–H groups in total. The molecular weight excluding hydrogens is 286 g/mol. The van der Waals surface area contributed by atoms with E-state index in [1.165, 1.54) is 45.3 Å². The van der Waals surface area contributed by atoms with Gasteiger partial charge in [0.15, 0.2) is 0 Å². The molecule has 1 saturated carbocycles. The van der Waals surface area contributed by atoms with E-state index in [1.54, 1.807) is 0 Å². The van der Waals surface area contributed by atoms with Crippen LogP contribution in [-0.2, 0) is 9.47 Å². The normalized spacial score (nSPS) is 27.9. The fourth-order valence-electron chi connectivity index (χ4n) is 3.60. The van der Waals surface area contributed by atoms with Crippen molar-refractivity contribution in [3.05, 3.63) is 0 Å². The molecule has 0 radical (unpaired) electrons. The molecule has 1 heterocycles. The summed E-state index contributed by atoms with van der Waals surface area (Å²) in [6.45, 7) is 17.1. The Balaban J connectivity index is 1.54. The smallest absolute Gasteiger partial charge is 0.0631 e. The Morgan fingerprint density at radius 3 is 2.00 bits per heavy atom. The van der Waals surface area contributed by atoms with Crippen LogP contribution in [0, 0.1) is 5.41 Å². The van der Waals surface area contributed by atoms with E-state index in [4.69, 9.17) is 9.47 Å². The zero-order valence-electron chi connectivity index (χ0n) is 16.4. The summed E-state index contributed by atoms with van der Waals surface area (Å²) in [6, 6.07) is 0. The first-order chi connectivity index (χ1) is 10.6.